The van der Waals surface area contributed by atoms with Crippen LogP contribution in [-0.2, 0) is 19.6 Å². The number of nitrogens with one attached hydrogen (secondary N) is 2. The molecule has 7 nitrogen and oxygen atoms in total. The summed E-state index contributed by atoms with van der Waals surface area (Å²) in [4.78, 5) is 22.9. The topological polar surface area (TPSA) is 113 Å². The summed E-state index contributed by atoms with van der Waals surface area (Å²) < 4.78 is 26.6. The fourth-order valence-corrected chi connectivity index (χ4v) is 3.20. The number of sulfonamides is 1. The molecule has 24 heavy (non-hydrogen) atoms. The van der Waals surface area contributed by atoms with Gasteiger partial charge in [0.05, 0.1) is 4.90 Å². The van der Waals surface area contributed by atoms with Gasteiger partial charge >= 0.3 is 5.97 Å². The van der Waals surface area contributed by atoms with Crippen molar-refractivity contribution in [2.45, 2.75) is 50.5 Å². The van der Waals surface area contributed by atoms with E-state index in [1.54, 1.807) is 12.1 Å². The number of hydrogen-bond donors (Lipinski definition) is 3. The highest BCUT2D eigenvalue weighted by atomic mass is 32.2. The van der Waals surface area contributed by atoms with Crippen molar-refractivity contribution >= 4 is 21.9 Å². The van der Waals surface area contributed by atoms with Crippen molar-refractivity contribution in [3.63, 3.8) is 0 Å². The van der Waals surface area contributed by atoms with Crippen LogP contribution in [-0.4, -0.2) is 38.0 Å². The van der Waals surface area contributed by atoms with Gasteiger partial charge in [-0.3, -0.25) is 9.59 Å². The van der Waals surface area contributed by atoms with Crippen LogP contribution in [0.15, 0.2) is 29.2 Å². The molecule has 0 aliphatic carbocycles. The molecule has 0 radical (unpaired) electrons. The molecule has 1 atom stereocenters. The smallest absolute Gasteiger partial charge is 0.321 e. The van der Waals surface area contributed by atoms with Crippen molar-refractivity contribution in [1.82, 2.24) is 10.0 Å². The summed E-state index contributed by atoms with van der Waals surface area (Å²) in [6.45, 7) is 4.34. The average molecular weight is 356 g/mol. The molecule has 8 heteroatoms. The fraction of sp³-hybridized carbons (Fsp3) is 0.500. The van der Waals surface area contributed by atoms with E-state index in [9.17, 15) is 23.1 Å². The molecular weight excluding hydrogens is 332 g/mol. The Labute approximate surface area is 142 Å². The SMILES string of the molecule is CCCCNC(=O)CCC(NS(=O)(=O)c1ccc(C)cc1)C(=O)O. The maximum atomic E-state index is 12.2. The molecule has 0 spiro atoms. The van der Waals surface area contributed by atoms with Gasteiger partial charge in [0.1, 0.15) is 6.04 Å². The molecule has 1 amide bonds. The molecular formula is C16H24N2O5S. The Morgan fingerprint density at radius 2 is 1.83 bits per heavy atom. The highest BCUT2D eigenvalue weighted by Crippen LogP contribution is 2.12. The summed E-state index contributed by atoms with van der Waals surface area (Å²) in [6, 6.07) is 4.73. The van der Waals surface area contributed by atoms with Gasteiger partial charge in [-0.15, -0.1) is 0 Å². The zero-order chi connectivity index (χ0) is 18.2. The van der Waals surface area contributed by atoms with Crippen molar-refractivity contribution in [1.29, 1.82) is 0 Å². The Morgan fingerprint density at radius 1 is 1.21 bits per heavy atom. The van der Waals surface area contributed by atoms with E-state index in [1.807, 2.05) is 13.8 Å². The minimum atomic E-state index is -3.95. The molecule has 0 saturated heterocycles. The van der Waals surface area contributed by atoms with Gasteiger partial charge in [-0.05, 0) is 31.9 Å². The van der Waals surface area contributed by atoms with Gasteiger partial charge in [-0.1, -0.05) is 31.0 Å². The second kappa shape index (κ2) is 9.39. The average Bonchev–Trinajstić information content (AvgIpc) is 2.51. The normalized spacial score (nSPS) is 12.6. The molecule has 0 bridgehead atoms. The molecule has 0 aliphatic rings. The molecule has 0 aromatic heterocycles. The third-order valence-corrected chi connectivity index (χ3v) is 4.93. The van der Waals surface area contributed by atoms with Crippen molar-refractivity contribution < 1.29 is 23.1 Å². The van der Waals surface area contributed by atoms with E-state index in [4.69, 9.17) is 0 Å². The lowest BCUT2D eigenvalue weighted by Crippen LogP contribution is -2.41. The van der Waals surface area contributed by atoms with Gasteiger partial charge in [0.2, 0.25) is 15.9 Å². The minimum absolute atomic E-state index is 0.00764. The number of unbranched alkanes of at least 4 members (excludes halogenated alkanes) is 1. The first kappa shape index (κ1) is 20.1. The highest BCUT2D eigenvalue weighted by Gasteiger charge is 2.25. The summed E-state index contributed by atoms with van der Waals surface area (Å²) in [5.74, 6) is -1.60. The maximum Gasteiger partial charge on any atom is 0.321 e. The zero-order valence-corrected chi connectivity index (χ0v) is 14.7. The van der Waals surface area contributed by atoms with Crippen LogP contribution in [0.1, 0.15) is 38.2 Å². The van der Waals surface area contributed by atoms with Crippen molar-refractivity contribution in [3.8, 4) is 0 Å². The van der Waals surface area contributed by atoms with Crippen LogP contribution in [0, 0.1) is 6.92 Å². The molecule has 0 heterocycles. The molecule has 3 N–H and O–H groups in total. The monoisotopic (exact) mass is 356 g/mol. The predicted molar refractivity (Wildman–Crippen MR) is 90.1 cm³/mol. The largest absolute Gasteiger partial charge is 0.480 e. The Balaban J connectivity index is 2.67. The van der Waals surface area contributed by atoms with E-state index in [-0.39, 0.29) is 23.6 Å². The Hall–Kier alpha value is -1.93. The third-order valence-electron chi connectivity index (χ3n) is 3.44. The van der Waals surface area contributed by atoms with Gasteiger partial charge in [-0.2, -0.15) is 4.72 Å². The molecule has 1 rings (SSSR count). The number of carbonyl (C=O) groups excluding carboxylic acids is 1. The van der Waals surface area contributed by atoms with E-state index in [0.29, 0.717) is 6.54 Å². The zero-order valence-electron chi connectivity index (χ0n) is 13.9. The number of aliphatic carboxylic acids is 1. The lowest BCUT2D eigenvalue weighted by atomic mass is 10.1. The van der Waals surface area contributed by atoms with Crippen LogP contribution in [0.25, 0.3) is 0 Å². The van der Waals surface area contributed by atoms with Gasteiger partial charge in [0.15, 0.2) is 0 Å². The number of rotatable bonds is 10. The van der Waals surface area contributed by atoms with Crippen LogP contribution in [0.2, 0.25) is 0 Å². The number of carbonyl (C=O) groups is 2. The first-order chi connectivity index (χ1) is 11.3. The van der Waals surface area contributed by atoms with Crippen LogP contribution in [0.5, 0.6) is 0 Å². The Kier molecular flexibility index (Phi) is 7.87. The van der Waals surface area contributed by atoms with Crippen LogP contribution >= 0.6 is 0 Å². The molecule has 1 aromatic carbocycles. The third kappa shape index (κ3) is 6.67. The fourth-order valence-electron chi connectivity index (χ4n) is 1.97. The molecule has 134 valence electrons. The molecule has 1 unspecified atom stereocenters. The second-order valence-corrected chi connectivity index (χ2v) is 7.28. The van der Waals surface area contributed by atoms with Gasteiger partial charge in [0.25, 0.3) is 0 Å². The maximum absolute atomic E-state index is 12.2. The standard InChI is InChI=1S/C16H24N2O5S/c1-3-4-11-17-15(19)10-9-14(16(20)21)18-24(22,23)13-7-5-12(2)6-8-13/h5-8,14,18H,3-4,9-11H2,1-2H3,(H,17,19)(H,20,21). The number of carboxylic acids is 1. The summed E-state index contributed by atoms with van der Waals surface area (Å²) in [5, 5.41) is 11.9. The van der Waals surface area contributed by atoms with Gasteiger partial charge in [0, 0.05) is 13.0 Å². The predicted octanol–water partition coefficient (Wildman–Crippen LogP) is 1.42. The Bertz CT molecular complexity index is 656. The van der Waals surface area contributed by atoms with Gasteiger partial charge in [-0.25, -0.2) is 8.42 Å². The number of amides is 1. The lowest BCUT2D eigenvalue weighted by Gasteiger charge is -2.15. The van der Waals surface area contributed by atoms with E-state index in [0.717, 1.165) is 18.4 Å². The van der Waals surface area contributed by atoms with Crippen molar-refractivity contribution in [2.75, 3.05) is 6.54 Å². The number of carboxylic acid groups (broad SMARTS) is 1. The first-order valence-corrected chi connectivity index (χ1v) is 9.33. The minimum Gasteiger partial charge on any atom is -0.480 e. The summed E-state index contributed by atoms with van der Waals surface area (Å²) >= 11 is 0. The van der Waals surface area contributed by atoms with Crippen LogP contribution < -0.4 is 10.0 Å². The van der Waals surface area contributed by atoms with Crippen LogP contribution in [0.3, 0.4) is 0 Å². The molecule has 0 fully saturated rings. The van der Waals surface area contributed by atoms with Crippen LogP contribution in [0.4, 0.5) is 0 Å². The van der Waals surface area contributed by atoms with Gasteiger partial charge < -0.3 is 10.4 Å². The number of benzene rings is 1. The number of hydrogen-bond acceptors (Lipinski definition) is 4. The van der Waals surface area contributed by atoms with E-state index < -0.39 is 22.0 Å². The Morgan fingerprint density at radius 3 is 2.38 bits per heavy atom. The summed E-state index contributed by atoms with van der Waals surface area (Å²) in [6.07, 6.45) is 1.61. The molecule has 0 saturated carbocycles. The highest BCUT2D eigenvalue weighted by molar-refractivity contribution is 7.89. The first-order valence-electron chi connectivity index (χ1n) is 7.84. The second-order valence-electron chi connectivity index (χ2n) is 5.57. The number of aryl methyl sites for hydroxylation is 1. The molecule has 0 aliphatic heterocycles. The van der Waals surface area contributed by atoms with E-state index in [2.05, 4.69) is 10.0 Å². The summed E-state index contributed by atoms with van der Waals surface area (Å²) in [5.41, 5.74) is 0.896. The van der Waals surface area contributed by atoms with E-state index >= 15 is 0 Å². The van der Waals surface area contributed by atoms with E-state index in [1.165, 1.54) is 12.1 Å². The summed E-state index contributed by atoms with van der Waals surface area (Å²) in [7, 11) is -3.95. The lowest BCUT2D eigenvalue weighted by molar-refractivity contribution is -0.139. The quantitative estimate of drug-likeness (QED) is 0.549. The molecule has 1 aromatic rings. The van der Waals surface area contributed by atoms with Crippen molar-refractivity contribution in [2.24, 2.45) is 0 Å². The van der Waals surface area contributed by atoms with Crippen molar-refractivity contribution in [3.05, 3.63) is 29.8 Å².